The zero-order valence-electron chi connectivity index (χ0n) is 30.0. The van der Waals surface area contributed by atoms with Gasteiger partial charge in [-0.25, -0.2) is 9.59 Å². The fraction of sp³-hybridized carbons (Fsp3) is 0.316. The minimum Gasteiger partial charge on any atom is -0.488 e. The molecule has 0 heterocycles. The highest BCUT2D eigenvalue weighted by atomic mass is 79.9. The van der Waals surface area contributed by atoms with Gasteiger partial charge in [0.1, 0.15) is 24.7 Å². The monoisotopic (exact) mass is 924 g/mol. The van der Waals surface area contributed by atoms with Crippen LogP contribution in [0.15, 0.2) is 81.7 Å². The molecule has 4 aromatic carbocycles. The fourth-order valence-electron chi connectivity index (χ4n) is 4.74. The van der Waals surface area contributed by atoms with Crippen molar-refractivity contribution < 1.29 is 65.8 Å². The van der Waals surface area contributed by atoms with Crippen LogP contribution in [0, 0.1) is 13.8 Å². The second-order valence-electron chi connectivity index (χ2n) is 11.7. The number of carbonyl (C=O) groups is 2. The van der Waals surface area contributed by atoms with E-state index in [9.17, 15) is 26.3 Å². The van der Waals surface area contributed by atoms with Crippen LogP contribution in [0.5, 0.6) is 11.5 Å². The lowest BCUT2D eigenvalue weighted by atomic mass is 9.92. The first-order valence-corrected chi connectivity index (χ1v) is 18.1. The van der Waals surface area contributed by atoms with Crippen molar-refractivity contribution in [2.24, 2.45) is 0 Å². The summed E-state index contributed by atoms with van der Waals surface area (Å²) in [6.45, 7) is 7.98. The van der Waals surface area contributed by atoms with Gasteiger partial charge >= 0.3 is 24.3 Å². The van der Waals surface area contributed by atoms with Crippen LogP contribution in [-0.2, 0) is 35.9 Å². The van der Waals surface area contributed by atoms with Crippen LogP contribution in [0.25, 0.3) is 11.1 Å². The van der Waals surface area contributed by atoms with Crippen molar-refractivity contribution in [3.8, 4) is 22.6 Å². The number of hydrogen-bond acceptors (Lipinski definition) is 8. The van der Waals surface area contributed by atoms with Crippen LogP contribution in [0.4, 0.5) is 26.3 Å². The van der Waals surface area contributed by atoms with Crippen molar-refractivity contribution >= 4 is 43.8 Å². The number of alkyl halides is 6. The van der Waals surface area contributed by atoms with Gasteiger partial charge in [0.05, 0.1) is 22.2 Å². The van der Waals surface area contributed by atoms with Crippen LogP contribution < -0.4 is 20.1 Å². The summed E-state index contributed by atoms with van der Waals surface area (Å²) in [4.78, 5) is 17.8. The Balaban J connectivity index is 0.000000657. The van der Waals surface area contributed by atoms with E-state index in [0.29, 0.717) is 39.4 Å². The zero-order chi connectivity index (χ0) is 42.1. The number of carboxylic acids is 2. The molecule has 18 heteroatoms. The van der Waals surface area contributed by atoms with Gasteiger partial charge < -0.3 is 40.5 Å². The van der Waals surface area contributed by atoms with Crippen molar-refractivity contribution in [2.75, 3.05) is 26.3 Å². The molecular weight excluding hydrogens is 886 g/mol. The molecule has 306 valence electrons. The molecule has 0 amide bonds. The van der Waals surface area contributed by atoms with Gasteiger partial charge in [-0.1, -0.05) is 48.5 Å². The molecule has 0 aromatic heterocycles. The Hall–Kier alpha value is -4.20. The van der Waals surface area contributed by atoms with Gasteiger partial charge in [0, 0.05) is 26.2 Å². The molecule has 0 unspecified atom stereocenters. The highest BCUT2D eigenvalue weighted by molar-refractivity contribution is 9.10. The Morgan fingerprint density at radius 1 is 0.625 bits per heavy atom. The van der Waals surface area contributed by atoms with E-state index < -0.39 is 24.3 Å². The molecule has 0 spiro atoms. The number of ether oxygens (including phenoxy) is 2. The average Bonchev–Trinajstić information content (AvgIpc) is 3.12. The highest BCUT2D eigenvalue weighted by Gasteiger charge is 2.38. The first-order valence-electron chi connectivity index (χ1n) is 16.5. The number of hydrogen-bond donors (Lipinski definition) is 6. The van der Waals surface area contributed by atoms with E-state index in [1.165, 1.54) is 22.3 Å². The van der Waals surface area contributed by atoms with Gasteiger partial charge in [-0.05, 0) is 114 Å². The van der Waals surface area contributed by atoms with E-state index >= 15 is 0 Å². The molecule has 0 bridgehead atoms. The number of benzene rings is 4. The fourth-order valence-corrected chi connectivity index (χ4v) is 5.82. The number of rotatable bonds is 15. The van der Waals surface area contributed by atoms with Gasteiger partial charge in [-0.15, -0.1) is 0 Å². The quantitative estimate of drug-likeness (QED) is 0.0509. The summed E-state index contributed by atoms with van der Waals surface area (Å²) in [5, 5.41) is 38.6. The number of carboxylic acid groups (broad SMARTS) is 2. The molecule has 56 heavy (non-hydrogen) atoms. The van der Waals surface area contributed by atoms with Crippen molar-refractivity contribution in [3.05, 3.63) is 115 Å². The van der Waals surface area contributed by atoms with E-state index in [1.807, 2.05) is 36.4 Å². The maximum atomic E-state index is 10.6. The lowest BCUT2D eigenvalue weighted by Gasteiger charge is -2.17. The van der Waals surface area contributed by atoms with Crippen molar-refractivity contribution in [1.82, 2.24) is 10.6 Å². The first-order chi connectivity index (χ1) is 26.3. The molecule has 6 N–H and O–H groups in total. The maximum absolute atomic E-state index is 10.6. The molecule has 0 aliphatic carbocycles. The summed E-state index contributed by atoms with van der Waals surface area (Å²) in [5.74, 6) is -3.93. The number of aliphatic carboxylic acids is 2. The molecule has 0 saturated heterocycles. The first kappa shape index (κ1) is 48.0. The van der Waals surface area contributed by atoms with Crippen molar-refractivity contribution in [2.45, 2.75) is 52.5 Å². The molecular formula is C38H40Br2F6N2O8. The van der Waals surface area contributed by atoms with E-state index in [1.54, 1.807) is 0 Å². The lowest BCUT2D eigenvalue weighted by Crippen LogP contribution is -2.21. The Labute approximate surface area is 335 Å². The molecule has 0 atom stereocenters. The normalized spacial score (nSPS) is 11.1. The van der Waals surface area contributed by atoms with Crippen molar-refractivity contribution in [3.63, 3.8) is 0 Å². The Morgan fingerprint density at radius 3 is 1.25 bits per heavy atom. The second-order valence-corrected chi connectivity index (χ2v) is 13.4. The van der Waals surface area contributed by atoms with E-state index in [0.717, 1.165) is 42.7 Å². The summed E-state index contributed by atoms with van der Waals surface area (Å²) in [6, 6.07) is 24.8. The molecule has 0 fully saturated rings. The molecule has 4 rings (SSSR count). The molecule has 4 aromatic rings. The number of halogens is 8. The molecule has 10 nitrogen and oxygen atoms in total. The standard InChI is InChI=1S/C34H38Br2N2O4.2C2HF3O2/c1-23-27(21-41-33-11-9-25(17-31(33)35)19-37-13-15-39)5-3-7-29(23)30-8-4-6-28(24(30)2)22-42-34-12-10-26(18-32(34)36)20-38-14-16-40;2*3-2(4,5)1(6)7/h3-12,17-18,37-40H,13-16,19-22H2,1-2H3;2*(H,6,7). The largest absolute Gasteiger partial charge is 0.490 e. The minimum absolute atomic E-state index is 0.122. The third-order valence-corrected chi connectivity index (χ3v) is 8.90. The van der Waals surface area contributed by atoms with Crippen LogP contribution in [0.2, 0.25) is 0 Å². The summed E-state index contributed by atoms with van der Waals surface area (Å²) in [5.41, 5.74) is 9.24. The van der Waals surface area contributed by atoms with Gasteiger partial charge in [0.15, 0.2) is 0 Å². The number of aliphatic hydroxyl groups excluding tert-OH is 2. The zero-order valence-corrected chi connectivity index (χ0v) is 33.2. The van der Waals surface area contributed by atoms with Crippen LogP contribution in [0.3, 0.4) is 0 Å². The van der Waals surface area contributed by atoms with E-state index in [-0.39, 0.29) is 13.2 Å². The third-order valence-electron chi connectivity index (χ3n) is 7.66. The second kappa shape index (κ2) is 23.1. The summed E-state index contributed by atoms with van der Waals surface area (Å²) in [7, 11) is 0. The number of aliphatic hydroxyl groups is 2. The van der Waals surface area contributed by atoms with E-state index in [2.05, 4.69) is 92.7 Å². The predicted molar refractivity (Wildman–Crippen MR) is 203 cm³/mol. The van der Waals surface area contributed by atoms with Crippen LogP contribution in [-0.4, -0.2) is 71.0 Å². The smallest absolute Gasteiger partial charge is 0.488 e. The van der Waals surface area contributed by atoms with Crippen LogP contribution in [0.1, 0.15) is 33.4 Å². The Morgan fingerprint density at radius 2 is 0.964 bits per heavy atom. The third kappa shape index (κ3) is 16.1. The molecule has 0 radical (unpaired) electrons. The van der Waals surface area contributed by atoms with Crippen LogP contribution >= 0.6 is 31.9 Å². The predicted octanol–water partition coefficient (Wildman–Crippen LogP) is 8.08. The minimum atomic E-state index is -5.08. The van der Waals surface area contributed by atoms with Gasteiger partial charge in [-0.3, -0.25) is 0 Å². The van der Waals surface area contributed by atoms with Crippen molar-refractivity contribution in [1.29, 1.82) is 0 Å². The maximum Gasteiger partial charge on any atom is 0.490 e. The SMILES string of the molecule is Cc1c(COc2ccc(CNCCO)cc2Br)cccc1-c1cccc(COc2ccc(CNCCO)cc2Br)c1C.O=C(O)C(F)(F)F.O=C(O)C(F)(F)F. The Bertz CT molecular complexity index is 1760. The average molecular weight is 927 g/mol. The molecule has 0 saturated carbocycles. The number of nitrogens with one attached hydrogen (secondary N) is 2. The summed E-state index contributed by atoms with van der Waals surface area (Å²) in [6.07, 6.45) is -10.2. The molecule has 0 aliphatic rings. The topological polar surface area (TPSA) is 158 Å². The lowest BCUT2D eigenvalue weighted by molar-refractivity contribution is -0.193. The van der Waals surface area contributed by atoms with E-state index in [4.69, 9.17) is 39.5 Å². The summed E-state index contributed by atoms with van der Waals surface area (Å²) < 4.78 is 77.7. The van der Waals surface area contributed by atoms with Gasteiger partial charge in [-0.2, -0.15) is 26.3 Å². The Kier molecular flexibility index (Phi) is 19.8. The van der Waals surface area contributed by atoms with Gasteiger partial charge in [0.2, 0.25) is 0 Å². The van der Waals surface area contributed by atoms with Gasteiger partial charge in [0.25, 0.3) is 0 Å². The molecule has 0 aliphatic heterocycles. The highest BCUT2D eigenvalue weighted by Crippen LogP contribution is 2.33. The summed E-state index contributed by atoms with van der Waals surface area (Å²) >= 11 is 7.28.